The molecule has 0 fully saturated rings. The fourth-order valence-electron chi connectivity index (χ4n) is 2.70. The van der Waals surface area contributed by atoms with Crippen molar-refractivity contribution >= 4 is 34.2 Å². The van der Waals surface area contributed by atoms with E-state index < -0.39 is 5.91 Å². The van der Waals surface area contributed by atoms with Crippen LogP contribution in [0, 0.1) is 6.92 Å². The monoisotopic (exact) mass is 373 g/mol. The Bertz CT molecular complexity index is 1180. The third-order valence-electron chi connectivity index (χ3n) is 4.01. The van der Waals surface area contributed by atoms with Gasteiger partial charge in [0.25, 0.3) is 11.8 Å². The summed E-state index contributed by atoms with van der Waals surface area (Å²) in [5.41, 5.74) is 1.66. The maximum Gasteiger partial charge on any atom is 0.275 e. The van der Waals surface area contributed by atoms with Crippen LogP contribution in [0.3, 0.4) is 0 Å². The Balaban J connectivity index is 1.55. The highest BCUT2D eigenvalue weighted by molar-refractivity contribution is 6.10. The predicted molar refractivity (Wildman–Crippen MR) is 103 cm³/mol. The largest absolute Gasteiger partial charge is 0.360 e. The van der Waals surface area contributed by atoms with Crippen molar-refractivity contribution in [1.82, 2.24) is 15.1 Å². The molecule has 8 heteroatoms. The quantitative estimate of drug-likeness (QED) is 0.567. The minimum Gasteiger partial charge on any atom is -0.360 e. The van der Waals surface area contributed by atoms with Crippen molar-refractivity contribution in [3.05, 3.63) is 77.9 Å². The molecule has 2 amide bonds. The van der Waals surface area contributed by atoms with Gasteiger partial charge in [0.2, 0.25) is 0 Å². The SMILES string of the molecule is Cc1cc(NC(=O)c2cc(C(=O)Nc3cccc4cccnc34)ccn2)no1. The lowest BCUT2D eigenvalue weighted by molar-refractivity contribution is 0.102. The highest BCUT2D eigenvalue weighted by Gasteiger charge is 2.14. The summed E-state index contributed by atoms with van der Waals surface area (Å²) in [7, 11) is 0. The minimum absolute atomic E-state index is 0.0874. The smallest absolute Gasteiger partial charge is 0.275 e. The Morgan fingerprint density at radius 2 is 1.79 bits per heavy atom. The van der Waals surface area contributed by atoms with Gasteiger partial charge in [0.05, 0.1) is 11.2 Å². The van der Waals surface area contributed by atoms with Crippen LogP contribution < -0.4 is 10.6 Å². The maximum atomic E-state index is 12.7. The number of fused-ring (bicyclic) bond motifs is 1. The summed E-state index contributed by atoms with van der Waals surface area (Å²) in [6, 6.07) is 13.8. The lowest BCUT2D eigenvalue weighted by Gasteiger charge is -2.08. The highest BCUT2D eigenvalue weighted by Crippen LogP contribution is 2.21. The Kier molecular flexibility index (Phi) is 4.51. The van der Waals surface area contributed by atoms with E-state index in [-0.39, 0.29) is 17.4 Å². The van der Waals surface area contributed by atoms with Crippen molar-refractivity contribution in [2.24, 2.45) is 0 Å². The molecule has 0 radical (unpaired) electrons. The molecule has 0 atom stereocenters. The molecule has 0 aliphatic heterocycles. The number of hydrogen-bond donors (Lipinski definition) is 2. The molecule has 0 saturated heterocycles. The van der Waals surface area contributed by atoms with Gasteiger partial charge in [0, 0.05) is 29.4 Å². The summed E-state index contributed by atoms with van der Waals surface area (Å²) < 4.78 is 4.91. The number of pyridine rings is 2. The molecule has 3 aromatic heterocycles. The van der Waals surface area contributed by atoms with Crippen molar-refractivity contribution in [3.8, 4) is 0 Å². The van der Waals surface area contributed by atoms with Crippen molar-refractivity contribution in [2.75, 3.05) is 10.6 Å². The molecule has 0 saturated carbocycles. The van der Waals surface area contributed by atoms with Crippen LogP contribution in [-0.4, -0.2) is 26.9 Å². The molecule has 0 aliphatic rings. The molecule has 0 spiro atoms. The molecule has 0 aliphatic carbocycles. The molecule has 0 unspecified atom stereocenters. The van der Waals surface area contributed by atoms with Gasteiger partial charge in [-0.25, -0.2) is 0 Å². The zero-order valence-electron chi connectivity index (χ0n) is 14.8. The molecule has 2 N–H and O–H groups in total. The van der Waals surface area contributed by atoms with E-state index in [0.29, 0.717) is 22.5 Å². The fourth-order valence-corrected chi connectivity index (χ4v) is 2.70. The number of rotatable bonds is 4. The number of carbonyl (C=O) groups is 2. The summed E-state index contributed by atoms with van der Waals surface area (Å²) in [4.78, 5) is 33.3. The third-order valence-corrected chi connectivity index (χ3v) is 4.01. The molecule has 0 bridgehead atoms. The number of hydrogen-bond acceptors (Lipinski definition) is 6. The minimum atomic E-state index is -0.491. The second kappa shape index (κ2) is 7.28. The fraction of sp³-hybridized carbons (Fsp3) is 0.0500. The molecular weight excluding hydrogens is 358 g/mol. The number of aryl methyl sites for hydroxylation is 1. The molecule has 1 aromatic carbocycles. The topological polar surface area (TPSA) is 110 Å². The van der Waals surface area contributed by atoms with Gasteiger partial charge in [0.15, 0.2) is 5.82 Å². The standard InChI is InChI=1S/C20H15N5O3/c1-12-10-17(25-28-12)24-20(27)16-11-14(7-9-21-16)19(26)23-15-6-2-4-13-5-3-8-22-18(13)15/h2-11H,1H3,(H,23,26)(H,24,25,27). The van der Waals surface area contributed by atoms with Gasteiger partial charge in [0.1, 0.15) is 11.5 Å². The van der Waals surface area contributed by atoms with Crippen LogP contribution in [0.2, 0.25) is 0 Å². The van der Waals surface area contributed by atoms with Gasteiger partial charge in [-0.05, 0) is 31.2 Å². The first-order valence-corrected chi connectivity index (χ1v) is 8.46. The number of nitrogens with zero attached hydrogens (tertiary/aromatic N) is 3. The maximum absolute atomic E-state index is 12.7. The summed E-state index contributed by atoms with van der Waals surface area (Å²) in [6.45, 7) is 1.72. The summed E-state index contributed by atoms with van der Waals surface area (Å²) >= 11 is 0. The Labute approximate surface area is 159 Å². The number of nitrogens with one attached hydrogen (secondary N) is 2. The number of anilines is 2. The predicted octanol–water partition coefficient (Wildman–Crippen LogP) is 3.43. The second-order valence-electron chi connectivity index (χ2n) is 6.04. The van der Waals surface area contributed by atoms with Crippen LogP contribution in [0.4, 0.5) is 11.5 Å². The molecule has 28 heavy (non-hydrogen) atoms. The number of amides is 2. The lowest BCUT2D eigenvalue weighted by atomic mass is 10.1. The number of para-hydroxylation sites is 1. The van der Waals surface area contributed by atoms with Gasteiger partial charge in [-0.1, -0.05) is 23.4 Å². The summed E-state index contributed by atoms with van der Waals surface area (Å²) in [5, 5.41) is 10.0. The van der Waals surface area contributed by atoms with Crippen molar-refractivity contribution in [3.63, 3.8) is 0 Å². The Hall–Kier alpha value is -4.07. The zero-order valence-corrected chi connectivity index (χ0v) is 14.8. The Morgan fingerprint density at radius 3 is 2.61 bits per heavy atom. The first-order chi connectivity index (χ1) is 13.6. The lowest BCUT2D eigenvalue weighted by Crippen LogP contribution is -2.17. The number of aromatic nitrogens is 3. The van der Waals surface area contributed by atoms with Crippen LogP contribution in [0.1, 0.15) is 26.6 Å². The van der Waals surface area contributed by atoms with Gasteiger partial charge >= 0.3 is 0 Å². The molecule has 4 rings (SSSR count). The van der Waals surface area contributed by atoms with E-state index in [0.717, 1.165) is 5.39 Å². The van der Waals surface area contributed by atoms with Crippen molar-refractivity contribution in [1.29, 1.82) is 0 Å². The molecular formula is C20H15N5O3. The van der Waals surface area contributed by atoms with E-state index in [1.54, 1.807) is 25.3 Å². The Morgan fingerprint density at radius 1 is 0.929 bits per heavy atom. The van der Waals surface area contributed by atoms with E-state index in [4.69, 9.17) is 4.52 Å². The average molecular weight is 373 g/mol. The van der Waals surface area contributed by atoms with Crippen molar-refractivity contribution < 1.29 is 14.1 Å². The number of benzene rings is 1. The first kappa shape index (κ1) is 17.3. The van der Waals surface area contributed by atoms with Gasteiger partial charge in [-0.15, -0.1) is 0 Å². The molecule has 8 nitrogen and oxygen atoms in total. The second-order valence-corrected chi connectivity index (χ2v) is 6.04. The third kappa shape index (κ3) is 3.56. The van der Waals surface area contributed by atoms with Crippen LogP contribution >= 0.6 is 0 Å². The average Bonchev–Trinajstić information content (AvgIpc) is 3.13. The molecule has 138 valence electrons. The van der Waals surface area contributed by atoms with E-state index in [2.05, 4.69) is 25.8 Å². The summed E-state index contributed by atoms with van der Waals surface area (Å²) in [5.74, 6) is -0.0114. The normalized spacial score (nSPS) is 10.6. The first-order valence-electron chi connectivity index (χ1n) is 8.46. The van der Waals surface area contributed by atoms with E-state index in [1.807, 2.05) is 24.3 Å². The van der Waals surface area contributed by atoms with Crippen LogP contribution in [-0.2, 0) is 0 Å². The molecule has 4 aromatic rings. The van der Waals surface area contributed by atoms with Crippen LogP contribution in [0.15, 0.2) is 65.4 Å². The molecule has 3 heterocycles. The highest BCUT2D eigenvalue weighted by atomic mass is 16.5. The van der Waals surface area contributed by atoms with E-state index in [1.165, 1.54) is 18.3 Å². The van der Waals surface area contributed by atoms with E-state index >= 15 is 0 Å². The van der Waals surface area contributed by atoms with Gasteiger partial charge in [-0.3, -0.25) is 19.6 Å². The summed E-state index contributed by atoms with van der Waals surface area (Å²) in [6.07, 6.45) is 3.07. The van der Waals surface area contributed by atoms with Gasteiger partial charge in [-0.2, -0.15) is 0 Å². The zero-order chi connectivity index (χ0) is 19.5. The van der Waals surface area contributed by atoms with Crippen LogP contribution in [0.25, 0.3) is 10.9 Å². The van der Waals surface area contributed by atoms with Gasteiger partial charge < -0.3 is 15.2 Å². The number of carbonyl (C=O) groups excluding carboxylic acids is 2. The van der Waals surface area contributed by atoms with Crippen molar-refractivity contribution in [2.45, 2.75) is 6.92 Å². The van der Waals surface area contributed by atoms with E-state index in [9.17, 15) is 9.59 Å². The van der Waals surface area contributed by atoms with Crippen LogP contribution in [0.5, 0.6) is 0 Å².